The summed E-state index contributed by atoms with van der Waals surface area (Å²) in [5.74, 6) is 0.704. The summed E-state index contributed by atoms with van der Waals surface area (Å²) >= 11 is 0. The van der Waals surface area contributed by atoms with Gasteiger partial charge >= 0.3 is 0 Å². The lowest BCUT2D eigenvalue weighted by molar-refractivity contribution is 0.632. The summed E-state index contributed by atoms with van der Waals surface area (Å²) in [6, 6.07) is 48.7. The van der Waals surface area contributed by atoms with E-state index in [1.165, 1.54) is 22.5 Å². The SMILES string of the molecule is CC1(C)c2ccccc2N(c2ccccc2-c2nc(-c3ccccc3)cc(-c3ccccc3)n2)c2ccccc21. The number of rotatable bonds is 4. The fourth-order valence-corrected chi connectivity index (χ4v) is 5.87. The number of hydrogen-bond donors (Lipinski definition) is 0. The van der Waals surface area contributed by atoms with Gasteiger partial charge in [0.2, 0.25) is 0 Å². The van der Waals surface area contributed by atoms with Crippen LogP contribution < -0.4 is 4.90 Å². The summed E-state index contributed by atoms with van der Waals surface area (Å²) in [5.41, 5.74) is 10.8. The van der Waals surface area contributed by atoms with Crippen molar-refractivity contribution in [2.75, 3.05) is 4.90 Å². The number of fused-ring (bicyclic) bond motifs is 2. The molecule has 2 heterocycles. The van der Waals surface area contributed by atoms with Crippen LogP contribution in [0.25, 0.3) is 33.9 Å². The minimum Gasteiger partial charge on any atom is -0.309 e. The first kappa shape index (κ1) is 24.1. The third kappa shape index (κ3) is 3.99. The molecular formula is C37H29N3. The molecule has 1 aliphatic heterocycles. The molecule has 0 saturated carbocycles. The van der Waals surface area contributed by atoms with Crippen LogP contribution in [-0.4, -0.2) is 9.97 Å². The van der Waals surface area contributed by atoms with Crippen molar-refractivity contribution >= 4 is 17.1 Å². The Balaban J connectivity index is 1.48. The van der Waals surface area contributed by atoms with Crippen molar-refractivity contribution in [2.45, 2.75) is 19.3 Å². The van der Waals surface area contributed by atoms with Gasteiger partial charge in [-0.2, -0.15) is 0 Å². The van der Waals surface area contributed by atoms with E-state index in [4.69, 9.17) is 9.97 Å². The number of hydrogen-bond acceptors (Lipinski definition) is 3. The van der Waals surface area contributed by atoms with Crippen molar-refractivity contribution in [2.24, 2.45) is 0 Å². The fraction of sp³-hybridized carbons (Fsp3) is 0.0811. The predicted molar refractivity (Wildman–Crippen MR) is 165 cm³/mol. The maximum Gasteiger partial charge on any atom is 0.162 e. The van der Waals surface area contributed by atoms with Gasteiger partial charge in [-0.25, -0.2) is 9.97 Å². The van der Waals surface area contributed by atoms with Gasteiger partial charge in [0.05, 0.1) is 28.5 Å². The minimum atomic E-state index is -0.122. The van der Waals surface area contributed by atoms with Crippen LogP contribution in [0.15, 0.2) is 140 Å². The van der Waals surface area contributed by atoms with E-state index in [0.717, 1.165) is 33.8 Å². The largest absolute Gasteiger partial charge is 0.309 e. The highest BCUT2D eigenvalue weighted by atomic mass is 15.2. The topological polar surface area (TPSA) is 29.0 Å². The molecule has 0 unspecified atom stereocenters. The van der Waals surface area contributed by atoms with Gasteiger partial charge in [-0.05, 0) is 41.5 Å². The molecule has 1 aromatic heterocycles. The van der Waals surface area contributed by atoms with Crippen molar-refractivity contribution in [1.29, 1.82) is 0 Å². The minimum absolute atomic E-state index is 0.122. The average molecular weight is 516 g/mol. The molecule has 0 atom stereocenters. The highest BCUT2D eigenvalue weighted by Gasteiger charge is 2.37. The van der Waals surface area contributed by atoms with Crippen LogP contribution in [-0.2, 0) is 5.41 Å². The zero-order valence-electron chi connectivity index (χ0n) is 22.6. The van der Waals surface area contributed by atoms with Crippen molar-refractivity contribution in [3.63, 3.8) is 0 Å². The molecule has 0 radical (unpaired) electrons. The second-order valence-corrected chi connectivity index (χ2v) is 10.7. The maximum atomic E-state index is 5.16. The first-order chi connectivity index (χ1) is 19.6. The molecule has 0 spiro atoms. The van der Waals surface area contributed by atoms with E-state index < -0.39 is 0 Å². The van der Waals surface area contributed by atoms with E-state index in [1.54, 1.807) is 0 Å². The molecule has 3 nitrogen and oxygen atoms in total. The first-order valence-corrected chi connectivity index (χ1v) is 13.7. The van der Waals surface area contributed by atoms with Gasteiger partial charge in [0.25, 0.3) is 0 Å². The van der Waals surface area contributed by atoms with E-state index in [0.29, 0.717) is 5.82 Å². The maximum absolute atomic E-state index is 5.16. The second-order valence-electron chi connectivity index (χ2n) is 10.7. The van der Waals surface area contributed by atoms with E-state index >= 15 is 0 Å². The summed E-state index contributed by atoms with van der Waals surface area (Å²) in [4.78, 5) is 12.7. The third-order valence-corrected chi connectivity index (χ3v) is 7.89. The zero-order valence-corrected chi connectivity index (χ0v) is 22.6. The molecule has 1 aliphatic rings. The third-order valence-electron chi connectivity index (χ3n) is 7.89. The number of aromatic nitrogens is 2. The van der Waals surface area contributed by atoms with Crippen molar-refractivity contribution in [3.8, 4) is 33.9 Å². The molecule has 3 heteroatoms. The van der Waals surface area contributed by atoms with Gasteiger partial charge in [-0.1, -0.05) is 123 Å². The van der Waals surface area contributed by atoms with Crippen LogP contribution in [0, 0.1) is 0 Å². The summed E-state index contributed by atoms with van der Waals surface area (Å²) in [6.45, 7) is 4.62. The van der Waals surface area contributed by atoms with E-state index in [1.807, 2.05) is 12.1 Å². The molecule has 40 heavy (non-hydrogen) atoms. The Bertz CT molecular complexity index is 1720. The molecule has 0 fully saturated rings. The highest BCUT2D eigenvalue weighted by Crippen LogP contribution is 2.53. The van der Waals surface area contributed by atoms with Gasteiger partial charge in [0.15, 0.2) is 5.82 Å². The fourth-order valence-electron chi connectivity index (χ4n) is 5.87. The summed E-state index contributed by atoms with van der Waals surface area (Å²) < 4.78 is 0. The lowest BCUT2D eigenvalue weighted by atomic mass is 9.73. The molecule has 0 aliphatic carbocycles. The van der Waals surface area contributed by atoms with Gasteiger partial charge in [-0.15, -0.1) is 0 Å². The van der Waals surface area contributed by atoms with Crippen LogP contribution in [0.1, 0.15) is 25.0 Å². The van der Waals surface area contributed by atoms with Crippen LogP contribution in [0.3, 0.4) is 0 Å². The van der Waals surface area contributed by atoms with Gasteiger partial charge in [0, 0.05) is 22.1 Å². The smallest absolute Gasteiger partial charge is 0.162 e. The summed E-state index contributed by atoms with van der Waals surface area (Å²) in [6.07, 6.45) is 0. The van der Waals surface area contributed by atoms with Crippen LogP contribution in [0.4, 0.5) is 17.1 Å². The van der Waals surface area contributed by atoms with E-state index in [9.17, 15) is 0 Å². The van der Waals surface area contributed by atoms with E-state index in [2.05, 4.69) is 146 Å². The van der Waals surface area contributed by atoms with E-state index in [-0.39, 0.29) is 5.41 Å². The molecular weight excluding hydrogens is 486 g/mol. The molecule has 7 rings (SSSR count). The van der Waals surface area contributed by atoms with Crippen LogP contribution >= 0.6 is 0 Å². The molecule has 5 aromatic carbocycles. The quantitative estimate of drug-likeness (QED) is 0.234. The highest BCUT2D eigenvalue weighted by molar-refractivity contribution is 5.91. The van der Waals surface area contributed by atoms with Crippen LogP contribution in [0.2, 0.25) is 0 Å². The Hall–Kier alpha value is -5.02. The van der Waals surface area contributed by atoms with Crippen molar-refractivity contribution in [3.05, 3.63) is 151 Å². The number of benzene rings is 5. The monoisotopic (exact) mass is 515 g/mol. The lowest BCUT2D eigenvalue weighted by Gasteiger charge is -2.42. The lowest BCUT2D eigenvalue weighted by Crippen LogP contribution is -2.30. The Morgan fingerprint density at radius 2 is 0.900 bits per heavy atom. The standard InChI is InChI=1S/C37H29N3/c1-37(2)29-20-10-13-23-34(29)40(35-24-14-11-21-30(35)37)33-22-12-9-19-28(33)36-38-31(26-15-5-3-6-16-26)25-32(39-36)27-17-7-4-8-18-27/h3-25H,1-2H3. The predicted octanol–water partition coefficient (Wildman–Crippen LogP) is 9.59. The number of anilines is 3. The molecule has 6 aromatic rings. The van der Waals surface area contributed by atoms with Gasteiger partial charge < -0.3 is 4.90 Å². The molecule has 192 valence electrons. The summed E-state index contributed by atoms with van der Waals surface area (Å²) in [5, 5.41) is 0. The van der Waals surface area contributed by atoms with Crippen LogP contribution in [0.5, 0.6) is 0 Å². The molecule has 0 saturated heterocycles. The Morgan fingerprint density at radius 1 is 0.475 bits per heavy atom. The Morgan fingerprint density at radius 3 is 1.43 bits per heavy atom. The number of nitrogens with zero attached hydrogens (tertiary/aromatic N) is 3. The summed E-state index contributed by atoms with van der Waals surface area (Å²) in [7, 11) is 0. The Kier molecular flexibility index (Phi) is 5.78. The normalized spacial score (nSPS) is 13.4. The van der Waals surface area contributed by atoms with Crippen molar-refractivity contribution < 1.29 is 0 Å². The molecule has 0 N–H and O–H groups in total. The molecule has 0 amide bonds. The van der Waals surface area contributed by atoms with Gasteiger partial charge in [-0.3, -0.25) is 0 Å². The average Bonchev–Trinajstić information content (AvgIpc) is 3.02. The zero-order chi connectivity index (χ0) is 27.1. The Labute approximate surface area is 235 Å². The molecule has 0 bridgehead atoms. The van der Waals surface area contributed by atoms with Crippen molar-refractivity contribution in [1.82, 2.24) is 9.97 Å². The second kappa shape index (κ2) is 9.62. The van der Waals surface area contributed by atoms with Gasteiger partial charge in [0.1, 0.15) is 0 Å². The first-order valence-electron chi connectivity index (χ1n) is 13.7. The number of para-hydroxylation sites is 3.